The highest BCUT2D eigenvalue weighted by Gasteiger charge is 2.31. The molecule has 0 amide bonds. The van der Waals surface area contributed by atoms with Crippen LogP contribution in [-0.4, -0.2) is 33.1 Å². The van der Waals surface area contributed by atoms with Crippen molar-refractivity contribution in [1.29, 1.82) is 0 Å². The van der Waals surface area contributed by atoms with Gasteiger partial charge in [-0.05, 0) is 36.8 Å². The Hall–Kier alpha value is -3.67. The molecule has 0 saturated carbocycles. The predicted octanol–water partition coefficient (Wildman–Crippen LogP) is 3.96. The van der Waals surface area contributed by atoms with Crippen molar-refractivity contribution in [1.82, 2.24) is 8.77 Å². The number of aromatic hydroxyl groups is 1. The summed E-state index contributed by atoms with van der Waals surface area (Å²) in [5, 5.41) is 20.6. The third-order valence-corrected chi connectivity index (χ3v) is 7.37. The highest BCUT2D eigenvalue weighted by molar-refractivity contribution is 7.90. The Morgan fingerprint density at radius 2 is 1.71 bits per heavy atom. The molecule has 10 nitrogen and oxygen atoms in total. The minimum atomic E-state index is -4.68. The summed E-state index contributed by atoms with van der Waals surface area (Å²) in [6.07, 6.45) is 0. The monoisotopic (exact) mass is 521 g/mol. The Kier molecular flexibility index (Phi) is 5.72. The summed E-state index contributed by atoms with van der Waals surface area (Å²) < 4.78 is 27.9. The van der Waals surface area contributed by atoms with Gasteiger partial charge in [0.2, 0.25) is 0 Å². The number of rotatable bonds is 4. The molecule has 1 N–H and O–H groups in total. The number of phenols is 1. The average molecular weight is 522 g/mol. The number of hydrogen-bond donors (Lipinski definition) is 1. The van der Waals surface area contributed by atoms with Crippen LogP contribution >= 0.6 is 23.2 Å². The van der Waals surface area contributed by atoms with Crippen molar-refractivity contribution in [3.8, 4) is 5.75 Å². The minimum Gasteiger partial charge on any atom is -0.508 e. The van der Waals surface area contributed by atoms with Crippen molar-refractivity contribution in [3.63, 3.8) is 0 Å². The highest BCUT2D eigenvalue weighted by Crippen LogP contribution is 2.29. The number of benzene rings is 3. The van der Waals surface area contributed by atoms with E-state index < -0.39 is 42.4 Å². The van der Waals surface area contributed by atoms with Crippen molar-refractivity contribution < 1.29 is 23.2 Å². The van der Waals surface area contributed by atoms with Gasteiger partial charge >= 0.3 is 0 Å². The van der Waals surface area contributed by atoms with Gasteiger partial charge in [0.05, 0.1) is 36.3 Å². The standard InChI is InChI=1S/C21H13Cl2N3O7S/c1-11-5-7-13(10-18(11)27)34(32,33)25-17-8-6-12(26(30)31)9-14(17)20(28)24(25)21(29)19-15(22)3-2-4-16(19)23/h2-10,27H,1H3. The van der Waals surface area contributed by atoms with Crippen LogP contribution in [0.2, 0.25) is 10.0 Å². The van der Waals surface area contributed by atoms with Gasteiger partial charge in [-0.25, -0.2) is 0 Å². The number of aromatic nitrogens is 2. The lowest BCUT2D eigenvalue weighted by Crippen LogP contribution is -2.34. The first kappa shape index (κ1) is 23.5. The van der Waals surface area contributed by atoms with E-state index in [-0.39, 0.29) is 26.9 Å². The van der Waals surface area contributed by atoms with Crippen molar-refractivity contribution >= 4 is 55.7 Å². The lowest BCUT2D eigenvalue weighted by Gasteiger charge is -2.14. The van der Waals surface area contributed by atoms with Crippen LogP contribution in [0, 0.1) is 17.0 Å². The van der Waals surface area contributed by atoms with Crippen LogP contribution < -0.4 is 5.56 Å². The molecule has 3 aromatic carbocycles. The number of hydrogen-bond acceptors (Lipinski definition) is 7. The summed E-state index contributed by atoms with van der Waals surface area (Å²) >= 11 is 12.2. The summed E-state index contributed by atoms with van der Waals surface area (Å²) in [5.41, 5.74) is -1.87. The molecule has 0 aliphatic carbocycles. The molecule has 4 aromatic rings. The Bertz CT molecular complexity index is 1670. The van der Waals surface area contributed by atoms with Crippen molar-refractivity contribution in [2.45, 2.75) is 11.8 Å². The second kappa shape index (κ2) is 8.28. The van der Waals surface area contributed by atoms with Crippen LogP contribution in [0.3, 0.4) is 0 Å². The normalized spacial score (nSPS) is 11.6. The minimum absolute atomic E-state index is 0.141. The Balaban J connectivity index is 2.13. The molecule has 0 atom stereocenters. The first-order chi connectivity index (χ1) is 15.9. The van der Waals surface area contributed by atoms with Crippen molar-refractivity contribution in [3.05, 3.63) is 96.2 Å². The van der Waals surface area contributed by atoms with E-state index in [0.29, 0.717) is 14.3 Å². The largest absolute Gasteiger partial charge is 0.508 e. The number of nitro benzene ring substituents is 1. The lowest BCUT2D eigenvalue weighted by atomic mass is 10.2. The second-order valence-corrected chi connectivity index (χ2v) is 9.76. The van der Waals surface area contributed by atoms with E-state index >= 15 is 0 Å². The zero-order valence-corrected chi connectivity index (χ0v) is 19.4. The Morgan fingerprint density at radius 1 is 1.06 bits per heavy atom. The fourth-order valence-corrected chi connectivity index (χ4v) is 5.39. The van der Waals surface area contributed by atoms with Gasteiger partial charge in [0.1, 0.15) is 5.75 Å². The maximum atomic E-state index is 13.6. The molecule has 1 heterocycles. The summed E-state index contributed by atoms with van der Waals surface area (Å²) in [6, 6.07) is 10.5. The first-order valence-corrected chi connectivity index (χ1v) is 11.6. The van der Waals surface area contributed by atoms with Crippen LogP contribution in [0.25, 0.3) is 10.9 Å². The number of phenolic OH excluding ortho intramolecular Hbond substituents is 1. The summed E-state index contributed by atoms with van der Waals surface area (Å²) in [5.74, 6) is -1.50. The fraction of sp³-hybridized carbons (Fsp3) is 0.0476. The molecule has 1 aromatic heterocycles. The molecule has 4 rings (SSSR count). The zero-order chi connectivity index (χ0) is 24.9. The number of carbonyl (C=O) groups is 1. The van der Waals surface area contributed by atoms with E-state index in [1.807, 2.05) is 0 Å². The molecular weight excluding hydrogens is 509 g/mol. The van der Waals surface area contributed by atoms with Crippen LogP contribution in [0.5, 0.6) is 5.75 Å². The summed E-state index contributed by atoms with van der Waals surface area (Å²) in [6.45, 7) is 1.55. The van der Waals surface area contributed by atoms with E-state index in [0.717, 1.165) is 24.3 Å². The fourth-order valence-electron chi connectivity index (χ4n) is 3.35. The molecule has 0 spiro atoms. The number of carbonyl (C=O) groups excluding carboxylic acids is 1. The SMILES string of the molecule is Cc1ccc(S(=O)(=O)n2c3ccc([N+](=O)[O-])cc3c(=O)n2C(=O)c2c(Cl)cccc2Cl)cc1O. The van der Waals surface area contributed by atoms with Gasteiger partial charge in [0, 0.05) is 18.2 Å². The van der Waals surface area contributed by atoms with E-state index in [1.165, 1.54) is 30.3 Å². The molecule has 174 valence electrons. The lowest BCUT2D eigenvalue weighted by molar-refractivity contribution is -0.384. The van der Waals surface area contributed by atoms with E-state index in [2.05, 4.69) is 0 Å². The molecule has 0 aliphatic rings. The molecule has 0 saturated heterocycles. The van der Waals surface area contributed by atoms with Gasteiger partial charge in [0.15, 0.2) is 0 Å². The number of fused-ring (bicyclic) bond motifs is 1. The van der Waals surface area contributed by atoms with Gasteiger partial charge in [-0.3, -0.25) is 19.7 Å². The molecule has 0 fully saturated rings. The van der Waals surface area contributed by atoms with Gasteiger partial charge in [-0.2, -0.15) is 17.2 Å². The van der Waals surface area contributed by atoms with E-state index in [1.54, 1.807) is 6.92 Å². The Morgan fingerprint density at radius 3 is 2.29 bits per heavy atom. The summed E-state index contributed by atoms with van der Waals surface area (Å²) in [7, 11) is -4.68. The van der Waals surface area contributed by atoms with Gasteiger partial charge in [-0.15, -0.1) is 0 Å². The van der Waals surface area contributed by atoms with Crippen molar-refractivity contribution in [2.75, 3.05) is 0 Å². The second-order valence-electron chi connectivity index (χ2n) is 7.17. The topological polar surface area (TPSA) is 142 Å². The predicted molar refractivity (Wildman–Crippen MR) is 124 cm³/mol. The third kappa shape index (κ3) is 3.63. The van der Waals surface area contributed by atoms with Crippen LogP contribution in [0.15, 0.2) is 64.3 Å². The third-order valence-electron chi connectivity index (χ3n) is 5.08. The van der Waals surface area contributed by atoms with E-state index in [9.17, 15) is 33.2 Å². The number of nitrogens with zero attached hydrogens (tertiary/aromatic N) is 3. The van der Waals surface area contributed by atoms with Crippen LogP contribution in [-0.2, 0) is 10.0 Å². The average Bonchev–Trinajstić information content (AvgIpc) is 3.08. The molecule has 34 heavy (non-hydrogen) atoms. The maximum Gasteiger partial charge on any atom is 0.283 e. The molecular formula is C21H13Cl2N3O7S. The number of nitro groups is 1. The van der Waals surface area contributed by atoms with Gasteiger partial charge < -0.3 is 5.11 Å². The van der Waals surface area contributed by atoms with Crippen LogP contribution in [0.1, 0.15) is 15.9 Å². The Labute approximate surface area is 201 Å². The van der Waals surface area contributed by atoms with Crippen LogP contribution in [0.4, 0.5) is 5.69 Å². The molecule has 0 unspecified atom stereocenters. The highest BCUT2D eigenvalue weighted by atomic mass is 35.5. The molecule has 0 bridgehead atoms. The van der Waals surface area contributed by atoms with E-state index in [4.69, 9.17) is 23.2 Å². The van der Waals surface area contributed by atoms with Gasteiger partial charge in [-0.1, -0.05) is 35.3 Å². The molecule has 0 radical (unpaired) electrons. The number of non-ortho nitro benzene ring substituents is 1. The van der Waals surface area contributed by atoms with Crippen molar-refractivity contribution in [2.24, 2.45) is 0 Å². The quantitative estimate of drug-likeness (QED) is 0.316. The smallest absolute Gasteiger partial charge is 0.283 e. The summed E-state index contributed by atoms with van der Waals surface area (Å²) in [4.78, 5) is 36.7. The first-order valence-electron chi connectivity index (χ1n) is 9.41. The number of halogens is 2. The maximum absolute atomic E-state index is 13.6. The number of aryl methyl sites for hydroxylation is 1. The zero-order valence-electron chi connectivity index (χ0n) is 17.1. The molecule has 13 heteroatoms. The van der Waals surface area contributed by atoms with Gasteiger partial charge in [0.25, 0.3) is 27.2 Å². The molecule has 0 aliphatic heterocycles.